The van der Waals surface area contributed by atoms with Crippen LogP contribution in [0.15, 0.2) is 42.5 Å². The third-order valence-corrected chi connectivity index (χ3v) is 3.98. The Kier molecular flexibility index (Phi) is 3.12. The predicted octanol–water partition coefficient (Wildman–Crippen LogP) is 2.61. The minimum Gasteiger partial charge on any atom is -0.307 e. The van der Waals surface area contributed by atoms with Crippen LogP contribution in [0.2, 0.25) is 0 Å². The maximum atomic E-state index is 4.73. The summed E-state index contributed by atoms with van der Waals surface area (Å²) in [5.74, 6) is 0.919. The first-order chi connectivity index (χ1) is 10.4. The van der Waals surface area contributed by atoms with Crippen molar-refractivity contribution >= 4 is 5.65 Å². The van der Waals surface area contributed by atoms with E-state index in [0.717, 1.165) is 35.7 Å². The van der Waals surface area contributed by atoms with Gasteiger partial charge >= 0.3 is 0 Å². The fourth-order valence-electron chi connectivity index (χ4n) is 2.86. The quantitative estimate of drug-likeness (QED) is 0.783. The van der Waals surface area contributed by atoms with E-state index in [0.29, 0.717) is 0 Å². The molecular weight excluding hydrogens is 262 g/mol. The monoisotopic (exact) mass is 279 g/mol. The standard InChI is InChI=1S/C16H17N5/c1-2-6-12(7-3-1)13-9-10-15-18-19-16(21(15)20-13)14-8-4-5-11-17-14/h1-3,6-7,9-10,14,17H,4-5,8,11H2. The highest BCUT2D eigenvalue weighted by Crippen LogP contribution is 2.23. The van der Waals surface area contributed by atoms with E-state index < -0.39 is 0 Å². The van der Waals surface area contributed by atoms with Crippen molar-refractivity contribution in [2.24, 2.45) is 0 Å². The van der Waals surface area contributed by atoms with Crippen molar-refractivity contribution in [2.75, 3.05) is 6.54 Å². The number of piperidine rings is 1. The van der Waals surface area contributed by atoms with Crippen LogP contribution in [-0.2, 0) is 0 Å². The van der Waals surface area contributed by atoms with Gasteiger partial charge in [-0.1, -0.05) is 36.8 Å². The van der Waals surface area contributed by atoms with Crippen LogP contribution in [0.3, 0.4) is 0 Å². The highest BCUT2D eigenvalue weighted by atomic mass is 15.4. The lowest BCUT2D eigenvalue weighted by atomic mass is 10.0. The molecule has 3 aromatic rings. The van der Waals surface area contributed by atoms with Gasteiger partial charge < -0.3 is 5.32 Å². The van der Waals surface area contributed by atoms with Crippen molar-refractivity contribution in [3.63, 3.8) is 0 Å². The lowest BCUT2D eigenvalue weighted by Crippen LogP contribution is -2.28. The van der Waals surface area contributed by atoms with Crippen molar-refractivity contribution < 1.29 is 0 Å². The first-order valence-corrected chi connectivity index (χ1v) is 7.43. The molecular formula is C16H17N5. The summed E-state index contributed by atoms with van der Waals surface area (Å²) in [7, 11) is 0. The average Bonchev–Trinajstić information content (AvgIpc) is 2.99. The summed E-state index contributed by atoms with van der Waals surface area (Å²) in [6.45, 7) is 1.04. The molecule has 0 bridgehead atoms. The van der Waals surface area contributed by atoms with E-state index in [-0.39, 0.29) is 6.04 Å². The molecule has 1 aliphatic heterocycles. The van der Waals surface area contributed by atoms with Gasteiger partial charge in [0.1, 0.15) is 0 Å². The Morgan fingerprint density at radius 2 is 1.90 bits per heavy atom. The molecule has 1 aromatic carbocycles. The molecule has 21 heavy (non-hydrogen) atoms. The number of nitrogens with zero attached hydrogens (tertiary/aromatic N) is 4. The van der Waals surface area contributed by atoms with Gasteiger partial charge in [-0.05, 0) is 31.5 Å². The van der Waals surface area contributed by atoms with Crippen LogP contribution in [0.25, 0.3) is 16.9 Å². The van der Waals surface area contributed by atoms with E-state index in [2.05, 4.69) is 27.6 Å². The number of fused-ring (bicyclic) bond motifs is 1. The largest absolute Gasteiger partial charge is 0.307 e. The first-order valence-electron chi connectivity index (χ1n) is 7.43. The zero-order valence-corrected chi connectivity index (χ0v) is 11.7. The Morgan fingerprint density at radius 1 is 1.00 bits per heavy atom. The summed E-state index contributed by atoms with van der Waals surface area (Å²) in [5, 5.41) is 16.8. The number of aromatic nitrogens is 4. The van der Waals surface area contributed by atoms with E-state index in [4.69, 9.17) is 5.10 Å². The van der Waals surface area contributed by atoms with Gasteiger partial charge in [-0.3, -0.25) is 0 Å². The average molecular weight is 279 g/mol. The van der Waals surface area contributed by atoms with Gasteiger partial charge in [-0.2, -0.15) is 9.61 Å². The third-order valence-electron chi connectivity index (χ3n) is 3.98. The minimum atomic E-state index is 0.257. The molecule has 0 spiro atoms. The van der Waals surface area contributed by atoms with Crippen LogP contribution in [0.5, 0.6) is 0 Å². The molecule has 1 saturated heterocycles. The molecule has 1 unspecified atom stereocenters. The van der Waals surface area contributed by atoms with Gasteiger partial charge in [0, 0.05) is 5.56 Å². The highest BCUT2D eigenvalue weighted by Gasteiger charge is 2.21. The highest BCUT2D eigenvalue weighted by molar-refractivity contribution is 5.59. The zero-order valence-electron chi connectivity index (χ0n) is 11.7. The lowest BCUT2D eigenvalue weighted by Gasteiger charge is -2.21. The Labute approximate surface area is 123 Å². The molecule has 2 aromatic heterocycles. The second kappa shape index (κ2) is 5.26. The Bertz CT molecular complexity index is 744. The Hall–Kier alpha value is -2.27. The van der Waals surface area contributed by atoms with Crippen molar-refractivity contribution in [2.45, 2.75) is 25.3 Å². The van der Waals surface area contributed by atoms with Crippen molar-refractivity contribution in [1.82, 2.24) is 25.1 Å². The van der Waals surface area contributed by atoms with E-state index in [1.165, 1.54) is 12.8 Å². The Balaban J connectivity index is 1.79. The molecule has 1 N–H and O–H groups in total. The topological polar surface area (TPSA) is 55.1 Å². The number of nitrogens with one attached hydrogen (secondary N) is 1. The molecule has 4 rings (SSSR count). The van der Waals surface area contributed by atoms with Crippen LogP contribution < -0.4 is 5.32 Å². The molecule has 0 aliphatic carbocycles. The molecule has 5 nitrogen and oxygen atoms in total. The normalized spacial score (nSPS) is 19.0. The molecule has 0 radical (unpaired) electrons. The molecule has 0 saturated carbocycles. The van der Waals surface area contributed by atoms with Crippen LogP contribution in [0.4, 0.5) is 0 Å². The maximum absolute atomic E-state index is 4.73. The summed E-state index contributed by atoms with van der Waals surface area (Å²) in [5.41, 5.74) is 2.85. The minimum absolute atomic E-state index is 0.257. The summed E-state index contributed by atoms with van der Waals surface area (Å²) in [6, 6.07) is 14.4. The van der Waals surface area contributed by atoms with Crippen molar-refractivity contribution in [1.29, 1.82) is 0 Å². The van der Waals surface area contributed by atoms with Gasteiger partial charge in [0.2, 0.25) is 0 Å². The molecule has 1 atom stereocenters. The second-order valence-electron chi connectivity index (χ2n) is 5.42. The van der Waals surface area contributed by atoms with Crippen LogP contribution in [-0.4, -0.2) is 26.4 Å². The summed E-state index contributed by atoms with van der Waals surface area (Å²) < 4.78 is 1.88. The van der Waals surface area contributed by atoms with Gasteiger partial charge in [-0.25, -0.2) is 0 Å². The van der Waals surface area contributed by atoms with Crippen LogP contribution in [0, 0.1) is 0 Å². The molecule has 106 valence electrons. The molecule has 1 aliphatic rings. The van der Waals surface area contributed by atoms with E-state index in [1.807, 2.05) is 34.8 Å². The third kappa shape index (κ3) is 2.29. The number of hydrogen-bond acceptors (Lipinski definition) is 4. The summed E-state index contributed by atoms with van der Waals surface area (Å²) in [6.07, 6.45) is 3.55. The lowest BCUT2D eigenvalue weighted by molar-refractivity contribution is 0.392. The van der Waals surface area contributed by atoms with Gasteiger partial charge in [0.05, 0.1) is 11.7 Å². The van der Waals surface area contributed by atoms with Crippen LogP contribution >= 0.6 is 0 Å². The SMILES string of the molecule is c1ccc(-c2ccc3nnc(C4CCCCN4)n3n2)cc1. The summed E-state index contributed by atoms with van der Waals surface area (Å²) in [4.78, 5) is 0. The molecule has 3 heterocycles. The number of benzene rings is 1. The first kappa shape index (κ1) is 12.5. The molecule has 5 heteroatoms. The molecule has 1 fully saturated rings. The summed E-state index contributed by atoms with van der Waals surface area (Å²) >= 11 is 0. The van der Waals surface area contributed by atoms with E-state index >= 15 is 0 Å². The fourth-order valence-corrected chi connectivity index (χ4v) is 2.86. The van der Waals surface area contributed by atoms with E-state index in [9.17, 15) is 0 Å². The maximum Gasteiger partial charge on any atom is 0.178 e. The fraction of sp³-hybridized carbons (Fsp3) is 0.312. The predicted molar refractivity (Wildman–Crippen MR) is 80.8 cm³/mol. The van der Waals surface area contributed by atoms with Gasteiger partial charge in [-0.15, -0.1) is 10.2 Å². The van der Waals surface area contributed by atoms with E-state index in [1.54, 1.807) is 0 Å². The number of rotatable bonds is 2. The smallest absolute Gasteiger partial charge is 0.178 e. The second-order valence-corrected chi connectivity index (χ2v) is 5.42. The molecule has 0 amide bonds. The van der Waals surface area contributed by atoms with Crippen molar-refractivity contribution in [3.8, 4) is 11.3 Å². The Morgan fingerprint density at radius 3 is 2.71 bits per heavy atom. The zero-order chi connectivity index (χ0) is 14.1. The van der Waals surface area contributed by atoms with Gasteiger partial charge in [0.15, 0.2) is 11.5 Å². The van der Waals surface area contributed by atoms with Crippen LogP contribution in [0.1, 0.15) is 31.1 Å². The number of hydrogen-bond donors (Lipinski definition) is 1. The van der Waals surface area contributed by atoms with Gasteiger partial charge in [0.25, 0.3) is 0 Å². The van der Waals surface area contributed by atoms with Crippen molar-refractivity contribution in [3.05, 3.63) is 48.3 Å².